The maximum absolute atomic E-state index is 12.1. The van der Waals surface area contributed by atoms with Crippen LogP contribution in [0.15, 0.2) is 23.1 Å². The normalized spacial score (nSPS) is 10.9. The highest BCUT2D eigenvalue weighted by atomic mass is 35.5. The number of benzene rings is 1. The van der Waals surface area contributed by atoms with Crippen LogP contribution in [0, 0.1) is 10.1 Å². The highest BCUT2D eigenvalue weighted by Crippen LogP contribution is 2.29. The summed E-state index contributed by atoms with van der Waals surface area (Å²) >= 11 is 0. The third kappa shape index (κ3) is 6.67. The number of nitrogens with zero attached hydrogens (tertiary/aromatic N) is 1. The van der Waals surface area contributed by atoms with Crippen molar-refractivity contribution in [3.8, 4) is 5.75 Å². The minimum absolute atomic E-state index is 0. The first-order valence-electron chi connectivity index (χ1n) is 6.44. The first kappa shape index (κ1) is 21.5. The van der Waals surface area contributed by atoms with E-state index in [2.05, 4.69) is 10.0 Å². The van der Waals surface area contributed by atoms with E-state index in [4.69, 9.17) is 9.47 Å². The van der Waals surface area contributed by atoms with Gasteiger partial charge in [-0.25, -0.2) is 13.1 Å². The van der Waals surface area contributed by atoms with E-state index >= 15 is 0 Å². The molecule has 0 saturated carbocycles. The van der Waals surface area contributed by atoms with Gasteiger partial charge in [0.15, 0.2) is 5.75 Å². The van der Waals surface area contributed by atoms with Crippen LogP contribution in [0.4, 0.5) is 5.69 Å². The summed E-state index contributed by atoms with van der Waals surface area (Å²) in [6, 6.07) is 3.39. The molecular weight excluding hydrogens is 350 g/mol. The molecule has 1 rings (SSSR count). The fourth-order valence-electron chi connectivity index (χ4n) is 1.63. The maximum Gasteiger partial charge on any atom is 0.310 e. The van der Waals surface area contributed by atoms with Crippen molar-refractivity contribution in [3.05, 3.63) is 28.3 Å². The van der Waals surface area contributed by atoms with E-state index in [1.165, 1.54) is 13.2 Å². The molecule has 0 aromatic heterocycles. The van der Waals surface area contributed by atoms with E-state index in [1.807, 2.05) is 0 Å². The number of nitro benzene ring substituents is 1. The number of nitrogens with one attached hydrogen (secondary N) is 2. The lowest BCUT2D eigenvalue weighted by atomic mass is 10.3. The van der Waals surface area contributed by atoms with Gasteiger partial charge in [-0.2, -0.15) is 0 Å². The molecule has 0 atom stereocenters. The Balaban J connectivity index is 0.00000484. The van der Waals surface area contributed by atoms with Crippen LogP contribution < -0.4 is 14.8 Å². The topological polar surface area (TPSA) is 120 Å². The van der Waals surface area contributed by atoms with Crippen LogP contribution in [-0.2, 0) is 14.8 Å². The van der Waals surface area contributed by atoms with Crippen molar-refractivity contribution in [1.29, 1.82) is 0 Å². The van der Waals surface area contributed by atoms with E-state index in [0.717, 1.165) is 12.1 Å². The van der Waals surface area contributed by atoms with Gasteiger partial charge in [0.25, 0.3) is 0 Å². The average Bonchev–Trinajstić information content (AvgIpc) is 2.49. The van der Waals surface area contributed by atoms with Crippen LogP contribution in [0.2, 0.25) is 0 Å². The molecular formula is C12H20ClN3O6S. The molecule has 0 saturated heterocycles. The molecule has 0 bridgehead atoms. The summed E-state index contributed by atoms with van der Waals surface area (Å²) in [6.45, 7) is 1.77. The number of rotatable bonds is 10. The van der Waals surface area contributed by atoms with Crippen molar-refractivity contribution >= 4 is 28.1 Å². The molecule has 2 N–H and O–H groups in total. The maximum atomic E-state index is 12.1. The monoisotopic (exact) mass is 369 g/mol. The highest BCUT2D eigenvalue weighted by Gasteiger charge is 2.20. The van der Waals surface area contributed by atoms with Gasteiger partial charge in [-0.1, -0.05) is 0 Å². The minimum atomic E-state index is -3.75. The molecule has 132 valence electrons. The Morgan fingerprint density at radius 2 is 1.91 bits per heavy atom. The van der Waals surface area contributed by atoms with E-state index < -0.39 is 14.9 Å². The van der Waals surface area contributed by atoms with Gasteiger partial charge in [0.1, 0.15) is 0 Å². The van der Waals surface area contributed by atoms with Gasteiger partial charge in [-0.05, 0) is 6.07 Å². The number of halogens is 1. The Hall–Kier alpha value is -1.46. The van der Waals surface area contributed by atoms with Crippen molar-refractivity contribution < 1.29 is 22.8 Å². The number of sulfonamides is 1. The smallest absolute Gasteiger partial charge is 0.310 e. The second-order valence-electron chi connectivity index (χ2n) is 4.23. The van der Waals surface area contributed by atoms with Gasteiger partial charge < -0.3 is 14.8 Å². The Labute approximate surface area is 141 Å². The Kier molecular flexibility index (Phi) is 9.68. The Bertz CT molecular complexity index is 611. The predicted molar refractivity (Wildman–Crippen MR) is 86.8 cm³/mol. The summed E-state index contributed by atoms with van der Waals surface area (Å²) in [5.74, 6) is -0.105. The van der Waals surface area contributed by atoms with Crippen LogP contribution in [0.1, 0.15) is 0 Å². The van der Waals surface area contributed by atoms with E-state index in [9.17, 15) is 18.5 Å². The third-order valence-electron chi connectivity index (χ3n) is 2.74. The second-order valence-corrected chi connectivity index (χ2v) is 6.00. The van der Waals surface area contributed by atoms with Gasteiger partial charge in [0, 0.05) is 38.9 Å². The molecule has 1 aromatic rings. The van der Waals surface area contributed by atoms with Gasteiger partial charge in [0.05, 0.1) is 23.5 Å². The molecule has 0 aliphatic carbocycles. The second kappa shape index (κ2) is 10.3. The number of hydrogen-bond acceptors (Lipinski definition) is 7. The van der Waals surface area contributed by atoms with Gasteiger partial charge in [-0.3, -0.25) is 10.1 Å². The molecule has 0 fully saturated rings. The lowest BCUT2D eigenvalue weighted by Gasteiger charge is -2.09. The summed E-state index contributed by atoms with van der Waals surface area (Å²) in [4.78, 5) is 10.1. The summed E-state index contributed by atoms with van der Waals surface area (Å²) in [7, 11) is -0.934. The van der Waals surface area contributed by atoms with Crippen molar-refractivity contribution in [3.63, 3.8) is 0 Å². The first-order chi connectivity index (χ1) is 10.4. The van der Waals surface area contributed by atoms with E-state index in [-0.39, 0.29) is 35.3 Å². The van der Waals surface area contributed by atoms with Gasteiger partial charge in [-0.15, -0.1) is 12.4 Å². The van der Waals surface area contributed by atoms with Crippen molar-refractivity contribution in [2.24, 2.45) is 0 Å². The molecule has 11 heteroatoms. The lowest BCUT2D eigenvalue weighted by molar-refractivity contribution is -0.385. The molecule has 23 heavy (non-hydrogen) atoms. The molecule has 1 aromatic carbocycles. The van der Waals surface area contributed by atoms with Crippen LogP contribution in [0.5, 0.6) is 5.75 Å². The third-order valence-corrected chi connectivity index (χ3v) is 4.19. The molecule has 9 nitrogen and oxygen atoms in total. The number of hydrogen-bond donors (Lipinski definition) is 2. The molecule has 0 aliphatic heterocycles. The average molecular weight is 370 g/mol. The van der Waals surface area contributed by atoms with Crippen LogP contribution in [-0.4, -0.2) is 53.8 Å². The molecule has 0 spiro atoms. The summed E-state index contributed by atoms with van der Waals surface area (Å²) < 4.78 is 36.3. The van der Waals surface area contributed by atoms with E-state index in [1.54, 1.807) is 7.11 Å². The molecule has 0 radical (unpaired) electrons. The van der Waals surface area contributed by atoms with E-state index in [0.29, 0.717) is 19.7 Å². The molecule has 0 heterocycles. The van der Waals surface area contributed by atoms with Crippen LogP contribution >= 0.6 is 12.4 Å². The zero-order valence-corrected chi connectivity index (χ0v) is 14.4. The Morgan fingerprint density at radius 3 is 2.48 bits per heavy atom. The highest BCUT2D eigenvalue weighted by molar-refractivity contribution is 7.89. The molecule has 0 unspecified atom stereocenters. The summed E-state index contributed by atoms with van der Waals surface area (Å²) in [5, 5.41) is 13.8. The molecule has 0 aliphatic rings. The van der Waals surface area contributed by atoms with Crippen molar-refractivity contribution in [2.45, 2.75) is 4.90 Å². The molecule has 0 amide bonds. The number of ether oxygens (including phenoxy) is 2. The SMILES string of the molecule is COCCNCCNS(=O)(=O)c1ccc([N+](=O)[O-])c(OC)c1.Cl. The largest absolute Gasteiger partial charge is 0.490 e. The van der Waals surface area contributed by atoms with Crippen molar-refractivity contribution in [1.82, 2.24) is 10.0 Å². The van der Waals surface area contributed by atoms with Crippen molar-refractivity contribution in [2.75, 3.05) is 40.5 Å². The number of nitro groups is 1. The van der Waals surface area contributed by atoms with Gasteiger partial charge in [0.2, 0.25) is 10.0 Å². The van der Waals surface area contributed by atoms with Gasteiger partial charge >= 0.3 is 5.69 Å². The lowest BCUT2D eigenvalue weighted by Crippen LogP contribution is -2.33. The zero-order valence-electron chi connectivity index (χ0n) is 12.8. The standard InChI is InChI=1S/C12H19N3O6S.ClH/c1-20-8-7-13-5-6-14-22(18,19)10-3-4-11(15(16)17)12(9-10)21-2;/h3-4,9,13-14H,5-8H2,1-2H3;1H. The zero-order chi connectivity index (χ0) is 16.6. The van der Waals surface area contributed by atoms with Crippen LogP contribution in [0.25, 0.3) is 0 Å². The minimum Gasteiger partial charge on any atom is -0.490 e. The van der Waals surface area contributed by atoms with Crippen LogP contribution in [0.3, 0.4) is 0 Å². The Morgan fingerprint density at radius 1 is 1.22 bits per heavy atom. The quantitative estimate of drug-likeness (QED) is 0.351. The predicted octanol–water partition coefficient (Wildman–Crippen LogP) is 0.539. The fourth-order valence-corrected chi connectivity index (χ4v) is 2.68. The first-order valence-corrected chi connectivity index (χ1v) is 7.92. The summed E-state index contributed by atoms with van der Waals surface area (Å²) in [5.41, 5.74) is -0.289. The number of methoxy groups -OCH3 is 2. The summed E-state index contributed by atoms with van der Waals surface area (Å²) in [6.07, 6.45) is 0. The fraction of sp³-hybridized carbons (Fsp3) is 0.500.